The van der Waals surface area contributed by atoms with Crippen molar-refractivity contribution in [3.63, 3.8) is 0 Å². The molecule has 0 fully saturated rings. The first kappa shape index (κ1) is 13.0. The molecule has 0 saturated carbocycles. The van der Waals surface area contributed by atoms with Crippen LogP contribution in [0.25, 0.3) is 0 Å². The highest BCUT2D eigenvalue weighted by Gasteiger charge is 2.14. The van der Waals surface area contributed by atoms with Crippen LogP contribution in [0.2, 0.25) is 5.02 Å². The molecule has 0 bridgehead atoms. The van der Waals surface area contributed by atoms with Gasteiger partial charge in [-0.3, -0.25) is 0 Å². The molecule has 0 spiro atoms. The third-order valence-electron chi connectivity index (χ3n) is 2.42. The smallest absolute Gasteiger partial charge is 0.245 e. The Morgan fingerprint density at radius 1 is 1.39 bits per heavy atom. The zero-order chi connectivity index (χ0) is 13.0. The van der Waals surface area contributed by atoms with E-state index in [9.17, 15) is 0 Å². The van der Waals surface area contributed by atoms with Crippen LogP contribution in [-0.2, 0) is 11.2 Å². The molecule has 1 heterocycles. The van der Waals surface area contributed by atoms with Crippen LogP contribution >= 0.6 is 11.6 Å². The minimum Gasteiger partial charge on any atom is -0.383 e. The van der Waals surface area contributed by atoms with E-state index >= 15 is 0 Å². The monoisotopic (exact) mass is 267 g/mol. The van der Waals surface area contributed by atoms with Gasteiger partial charge < -0.3 is 15.0 Å². The average Bonchev–Trinajstić information content (AvgIpc) is 2.81. The molecule has 0 aliphatic carbocycles. The normalized spacial score (nSPS) is 12.6. The number of aromatic nitrogens is 2. The Bertz CT molecular complexity index is 498. The number of hydrogen-bond acceptors (Lipinski definition) is 5. The van der Waals surface area contributed by atoms with Crippen LogP contribution in [0.1, 0.15) is 23.3 Å². The Labute approximate surface area is 110 Å². The Hall–Kier alpha value is -1.43. The fraction of sp³-hybridized carbons (Fsp3) is 0.333. The number of halogens is 1. The van der Waals surface area contributed by atoms with Crippen LogP contribution in [0.3, 0.4) is 0 Å². The standard InChI is InChI=1S/C12H14ClN3O2/c1-17-7-10(14)12-15-11(16-18-12)6-8-2-4-9(13)5-3-8/h2-5,10H,6-7,14H2,1H3. The van der Waals surface area contributed by atoms with E-state index in [1.54, 1.807) is 7.11 Å². The zero-order valence-electron chi connectivity index (χ0n) is 9.97. The van der Waals surface area contributed by atoms with Gasteiger partial charge in [-0.15, -0.1) is 0 Å². The maximum Gasteiger partial charge on any atom is 0.245 e. The lowest BCUT2D eigenvalue weighted by Gasteiger charge is -2.02. The van der Waals surface area contributed by atoms with Gasteiger partial charge in [-0.2, -0.15) is 4.98 Å². The van der Waals surface area contributed by atoms with E-state index in [0.29, 0.717) is 29.8 Å². The van der Waals surface area contributed by atoms with E-state index in [2.05, 4.69) is 10.1 Å². The van der Waals surface area contributed by atoms with Gasteiger partial charge in [0.15, 0.2) is 5.82 Å². The lowest BCUT2D eigenvalue weighted by atomic mass is 10.1. The maximum atomic E-state index is 5.81. The molecule has 0 aliphatic rings. The summed E-state index contributed by atoms with van der Waals surface area (Å²) in [5, 5.41) is 4.59. The van der Waals surface area contributed by atoms with Gasteiger partial charge in [-0.1, -0.05) is 28.9 Å². The number of hydrogen-bond donors (Lipinski definition) is 1. The second-order valence-electron chi connectivity index (χ2n) is 3.91. The Morgan fingerprint density at radius 3 is 2.78 bits per heavy atom. The molecule has 2 rings (SSSR count). The molecule has 1 unspecified atom stereocenters. The van der Waals surface area contributed by atoms with Crippen molar-refractivity contribution in [2.75, 3.05) is 13.7 Å². The largest absolute Gasteiger partial charge is 0.383 e. The summed E-state index contributed by atoms with van der Waals surface area (Å²) in [7, 11) is 1.57. The average molecular weight is 268 g/mol. The van der Waals surface area contributed by atoms with Gasteiger partial charge in [-0.05, 0) is 17.7 Å². The van der Waals surface area contributed by atoms with Crippen molar-refractivity contribution in [1.82, 2.24) is 10.1 Å². The number of nitrogens with two attached hydrogens (primary N) is 1. The molecule has 1 atom stereocenters. The molecule has 1 aromatic heterocycles. The van der Waals surface area contributed by atoms with Crippen molar-refractivity contribution in [3.8, 4) is 0 Å². The topological polar surface area (TPSA) is 74.2 Å². The molecule has 0 amide bonds. The number of rotatable bonds is 5. The summed E-state index contributed by atoms with van der Waals surface area (Å²) in [6.07, 6.45) is 0.584. The van der Waals surface area contributed by atoms with E-state index < -0.39 is 0 Å². The number of ether oxygens (including phenoxy) is 1. The van der Waals surface area contributed by atoms with Gasteiger partial charge in [-0.25, -0.2) is 0 Å². The first-order valence-corrected chi connectivity index (χ1v) is 5.88. The highest BCUT2D eigenvalue weighted by atomic mass is 35.5. The molecule has 2 aromatic rings. The van der Waals surface area contributed by atoms with E-state index in [-0.39, 0.29) is 6.04 Å². The number of benzene rings is 1. The van der Waals surface area contributed by atoms with Crippen LogP contribution < -0.4 is 5.73 Å². The quantitative estimate of drug-likeness (QED) is 0.896. The summed E-state index contributed by atoms with van der Waals surface area (Å²) in [5.41, 5.74) is 6.86. The summed E-state index contributed by atoms with van der Waals surface area (Å²) in [5.74, 6) is 0.986. The lowest BCUT2D eigenvalue weighted by Crippen LogP contribution is -2.16. The van der Waals surface area contributed by atoms with E-state index in [0.717, 1.165) is 5.56 Å². The second kappa shape index (κ2) is 5.95. The van der Waals surface area contributed by atoms with E-state index in [4.69, 9.17) is 26.6 Å². The fourth-order valence-electron chi connectivity index (χ4n) is 1.53. The summed E-state index contributed by atoms with van der Waals surface area (Å²) >= 11 is 5.81. The summed E-state index contributed by atoms with van der Waals surface area (Å²) in [6, 6.07) is 7.12. The highest BCUT2D eigenvalue weighted by molar-refractivity contribution is 6.30. The predicted molar refractivity (Wildman–Crippen MR) is 67.4 cm³/mol. The molecule has 6 heteroatoms. The molecule has 0 radical (unpaired) electrons. The van der Waals surface area contributed by atoms with Gasteiger partial charge >= 0.3 is 0 Å². The van der Waals surface area contributed by atoms with Crippen molar-refractivity contribution in [1.29, 1.82) is 0 Å². The molecule has 2 N–H and O–H groups in total. The van der Waals surface area contributed by atoms with Crippen molar-refractivity contribution >= 4 is 11.6 Å². The van der Waals surface area contributed by atoms with Gasteiger partial charge in [0, 0.05) is 18.6 Å². The zero-order valence-corrected chi connectivity index (χ0v) is 10.7. The molecule has 18 heavy (non-hydrogen) atoms. The van der Waals surface area contributed by atoms with Crippen LogP contribution in [0.15, 0.2) is 28.8 Å². The van der Waals surface area contributed by atoms with E-state index in [1.165, 1.54) is 0 Å². The molecule has 0 saturated heterocycles. The van der Waals surface area contributed by atoms with Gasteiger partial charge in [0.2, 0.25) is 5.89 Å². The lowest BCUT2D eigenvalue weighted by molar-refractivity contribution is 0.166. The molecular formula is C12H14ClN3O2. The SMILES string of the molecule is COCC(N)c1nc(Cc2ccc(Cl)cc2)no1. The van der Waals surface area contributed by atoms with Crippen molar-refractivity contribution in [2.24, 2.45) is 5.73 Å². The molecule has 5 nitrogen and oxygen atoms in total. The molecule has 0 aliphatic heterocycles. The molecular weight excluding hydrogens is 254 g/mol. The third-order valence-corrected chi connectivity index (χ3v) is 2.67. The summed E-state index contributed by atoms with van der Waals surface area (Å²) < 4.78 is 10.0. The third kappa shape index (κ3) is 3.29. The predicted octanol–water partition coefficient (Wildman–Crippen LogP) is 1.96. The van der Waals surface area contributed by atoms with Crippen LogP contribution in [-0.4, -0.2) is 23.9 Å². The summed E-state index contributed by atoms with van der Waals surface area (Å²) in [4.78, 5) is 4.23. The first-order chi connectivity index (χ1) is 8.69. The summed E-state index contributed by atoms with van der Waals surface area (Å²) in [6.45, 7) is 0.350. The first-order valence-electron chi connectivity index (χ1n) is 5.50. The second-order valence-corrected chi connectivity index (χ2v) is 4.35. The van der Waals surface area contributed by atoms with Gasteiger partial charge in [0.25, 0.3) is 0 Å². The Morgan fingerprint density at radius 2 is 2.11 bits per heavy atom. The van der Waals surface area contributed by atoms with Crippen molar-refractivity contribution in [3.05, 3.63) is 46.6 Å². The van der Waals surface area contributed by atoms with Crippen molar-refractivity contribution < 1.29 is 9.26 Å². The fourth-order valence-corrected chi connectivity index (χ4v) is 1.65. The van der Waals surface area contributed by atoms with Gasteiger partial charge in [0.1, 0.15) is 6.04 Å². The maximum absolute atomic E-state index is 5.81. The Kier molecular flexibility index (Phi) is 4.30. The molecule has 1 aromatic carbocycles. The number of methoxy groups -OCH3 is 1. The van der Waals surface area contributed by atoms with Crippen LogP contribution in [0, 0.1) is 0 Å². The minimum atomic E-state index is -0.388. The highest BCUT2D eigenvalue weighted by Crippen LogP contribution is 2.13. The van der Waals surface area contributed by atoms with Crippen molar-refractivity contribution in [2.45, 2.75) is 12.5 Å². The minimum absolute atomic E-state index is 0.350. The van der Waals surface area contributed by atoms with E-state index in [1.807, 2.05) is 24.3 Å². The van der Waals surface area contributed by atoms with Gasteiger partial charge in [0.05, 0.1) is 6.61 Å². The van der Waals surface area contributed by atoms with Crippen LogP contribution in [0.5, 0.6) is 0 Å². The number of nitrogens with zero attached hydrogens (tertiary/aromatic N) is 2. The Balaban J connectivity index is 2.04. The van der Waals surface area contributed by atoms with Crippen LogP contribution in [0.4, 0.5) is 0 Å². The molecule has 96 valence electrons.